The van der Waals surface area contributed by atoms with Crippen LogP contribution in [0.15, 0.2) is 10.4 Å². The van der Waals surface area contributed by atoms with Gasteiger partial charge in [0.15, 0.2) is 5.96 Å². The molecule has 0 aromatic carbocycles. The van der Waals surface area contributed by atoms with Crippen molar-refractivity contribution in [2.75, 3.05) is 27.2 Å². The maximum atomic E-state index is 11.6. The Balaban J connectivity index is 1.84. The first kappa shape index (κ1) is 16.7. The fourth-order valence-corrected chi connectivity index (χ4v) is 3.33. The van der Waals surface area contributed by atoms with Crippen LogP contribution in [0, 0.1) is 5.92 Å². The first-order valence-electron chi connectivity index (χ1n) is 7.64. The largest absolute Gasteiger partial charge is 0.469 e. The highest BCUT2D eigenvalue weighted by atomic mass is 32.1. The standard InChI is InChI=1S/C15H24N4O2S/c1-4-13-18-12(10-22-13)9-17-15(16-2)19-7-5-11(6-8-19)14(20)21-3/h10-11H,4-9H2,1-3H3,(H,16,17). The zero-order valence-electron chi connectivity index (χ0n) is 13.5. The highest BCUT2D eigenvalue weighted by Crippen LogP contribution is 2.18. The summed E-state index contributed by atoms with van der Waals surface area (Å²) in [5.41, 5.74) is 1.05. The minimum Gasteiger partial charge on any atom is -0.469 e. The average Bonchev–Trinajstić information content (AvgIpc) is 3.03. The van der Waals surface area contributed by atoms with Crippen LogP contribution in [0.2, 0.25) is 0 Å². The molecule has 7 heteroatoms. The van der Waals surface area contributed by atoms with E-state index in [-0.39, 0.29) is 11.9 Å². The number of aromatic nitrogens is 1. The van der Waals surface area contributed by atoms with E-state index >= 15 is 0 Å². The molecule has 0 radical (unpaired) electrons. The molecule has 1 N–H and O–H groups in total. The van der Waals surface area contributed by atoms with Crippen LogP contribution in [0.3, 0.4) is 0 Å². The predicted molar refractivity (Wildman–Crippen MR) is 88.0 cm³/mol. The molecule has 0 saturated carbocycles. The number of carbonyl (C=O) groups is 1. The molecule has 1 aliphatic heterocycles. The third kappa shape index (κ3) is 4.19. The predicted octanol–water partition coefficient (Wildman–Crippen LogP) is 1.67. The number of nitrogens with zero attached hydrogens (tertiary/aromatic N) is 3. The number of aryl methyl sites for hydroxylation is 1. The number of likely N-dealkylation sites (tertiary alicyclic amines) is 1. The number of aliphatic imine (C=N–C) groups is 1. The fourth-order valence-electron chi connectivity index (χ4n) is 2.59. The van der Waals surface area contributed by atoms with Gasteiger partial charge in [-0.05, 0) is 19.3 Å². The number of thiazole rings is 1. The lowest BCUT2D eigenvalue weighted by Crippen LogP contribution is -2.46. The highest BCUT2D eigenvalue weighted by molar-refractivity contribution is 7.09. The molecule has 0 bridgehead atoms. The third-order valence-corrected chi connectivity index (χ3v) is 4.91. The van der Waals surface area contributed by atoms with Crippen LogP contribution < -0.4 is 5.32 Å². The number of esters is 1. The van der Waals surface area contributed by atoms with Crippen LogP contribution in [0.4, 0.5) is 0 Å². The van der Waals surface area contributed by atoms with Crippen molar-refractivity contribution in [3.8, 4) is 0 Å². The van der Waals surface area contributed by atoms with Gasteiger partial charge in [-0.15, -0.1) is 11.3 Å². The van der Waals surface area contributed by atoms with E-state index in [1.807, 2.05) is 0 Å². The van der Waals surface area contributed by atoms with E-state index in [2.05, 4.69) is 32.5 Å². The molecular weight excluding hydrogens is 300 g/mol. The molecule has 6 nitrogen and oxygen atoms in total. The molecule has 0 aliphatic carbocycles. The molecular formula is C15H24N4O2S. The minimum atomic E-state index is -0.0998. The molecule has 1 aromatic heterocycles. The van der Waals surface area contributed by atoms with Gasteiger partial charge in [-0.1, -0.05) is 6.92 Å². The summed E-state index contributed by atoms with van der Waals surface area (Å²) in [6, 6.07) is 0. The van der Waals surface area contributed by atoms with Crippen LogP contribution in [-0.4, -0.2) is 49.1 Å². The second kappa shape index (κ2) is 8.12. The Morgan fingerprint density at radius 1 is 1.55 bits per heavy atom. The smallest absolute Gasteiger partial charge is 0.308 e. The molecule has 0 unspecified atom stereocenters. The van der Waals surface area contributed by atoms with E-state index in [0.717, 1.165) is 49.0 Å². The lowest BCUT2D eigenvalue weighted by molar-refractivity contribution is -0.146. The maximum absolute atomic E-state index is 11.6. The van der Waals surface area contributed by atoms with Gasteiger partial charge in [0.2, 0.25) is 0 Å². The van der Waals surface area contributed by atoms with Gasteiger partial charge in [0, 0.05) is 25.5 Å². The van der Waals surface area contributed by atoms with E-state index in [1.54, 1.807) is 18.4 Å². The molecule has 1 fully saturated rings. The summed E-state index contributed by atoms with van der Waals surface area (Å²) in [4.78, 5) is 22.6. The molecule has 2 heterocycles. The summed E-state index contributed by atoms with van der Waals surface area (Å²) in [7, 11) is 3.24. The van der Waals surface area contributed by atoms with E-state index in [9.17, 15) is 4.79 Å². The Morgan fingerprint density at radius 3 is 2.82 bits per heavy atom. The summed E-state index contributed by atoms with van der Waals surface area (Å²) in [6.07, 6.45) is 2.59. The van der Waals surface area contributed by atoms with Crippen molar-refractivity contribution >= 4 is 23.3 Å². The van der Waals surface area contributed by atoms with E-state index in [1.165, 1.54) is 7.11 Å². The fraction of sp³-hybridized carbons (Fsp3) is 0.667. The van der Waals surface area contributed by atoms with Gasteiger partial charge in [0.1, 0.15) is 0 Å². The highest BCUT2D eigenvalue weighted by Gasteiger charge is 2.26. The molecule has 122 valence electrons. The summed E-state index contributed by atoms with van der Waals surface area (Å²) in [6.45, 7) is 4.42. The van der Waals surface area contributed by atoms with Crippen LogP contribution in [-0.2, 0) is 22.5 Å². The molecule has 2 rings (SSSR count). The van der Waals surface area contributed by atoms with Crippen LogP contribution >= 0.6 is 11.3 Å². The SMILES string of the molecule is CCc1nc(CNC(=NC)N2CCC(C(=O)OC)CC2)cs1. The van der Waals surface area contributed by atoms with E-state index in [0.29, 0.717) is 6.54 Å². The Hall–Kier alpha value is -1.63. The number of ether oxygens (including phenoxy) is 1. The molecule has 0 spiro atoms. The first-order valence-corrected chi connectivity index (χ1v) is 8.52. The number of hydrogen-bond acceptors (Lipinski definition) is 5. The van der Waals surface area contributed by atoms with Crippen molar-refractivity contribution < 1.29 is 9.53 Å². The molecule has 22 heavy (non-hydrogen) atoms. The van der Waals surface area contributed by atoms with E-state index < -0.39 is 0 Å². The lowest BCUT2D eigenvalue weighted by atomic mass is 9.97. The second-order valence-corrected chi connectivity index (χ2v) is 6.21. The van der Waals surface area contributed by atoms with Crippen molar-refractivity contribution in [1.82, 2.24) is 15.2 Å². The number of hydrogen-bond donors (Lipinski definition) is 1. The van der Waals surface area contributed by atoms with Crippen molar-refractivity contribution in [1.29, 1.82) is 0 Å². The van der Waals surface area contributed by atoms with Gasteiger partial charge in [0.25, 0.3) is 0 Å². The second-order valence-electron chi connectivity index (χ2n) is 5.27. The molecule has 1 aromatic rings. The normalized spacial score (nSPS) is 16.7. The first-order chi connectivity index (χ1) is 10.7. The third-order valence-electron chi connectivity index (χ3n) is 3.87. The number of methoxy groups -OCH3 is 1. The Kier molecular flexibility index (Phi) is 6.18. The Morgan fingerprint density at radius 2 is 2.27 bits per heavy atom. The minimum absolute atomic E-state index is 0.0185. The Bertz CT molecular complexity index is 521. The van der Waals surface area contributed by atoms with E-state index in [4.69, 9.17) is 4.74 Å². The zero-order chi connectivity index (χ0) is 15.9. The van der Waals surface area contributed by atoms with Crippen LogP contribution in [0.1, 0.15) is 30.5 Å². The number of rotatable bonds is 4. The van der Waals surface area contributed by atoms with Gasteiger partial charge in [0.05, 0.1) is 30.3 Å². The summed E-state index contributed by atoms with van der Waals surface area (Å²) >= 11 is 1.69. The average molecular weight is 324 g/mol. The molecule has 0 amide bonds. The number of nitrogens with one attached hydrogen (secondary N) is 1. The maximum Gasteiger partial charge on any atom is 0.308 e. The number of carbonyl (C=O) groups excluding carboxylic acids is 1. The van der Waals surface area contributed by atoms with Gasteiger partial charge in [-0.3, -0.25) is 9.79 Å². The quantitative estimate of drug-likeness (QED) is 0.518. The summed E-state index contributed by atoms with van der Waals surface area (Å²) in [5.74, 6) is 0.788. The number of piperidine rings is 1. The van der Waals surface area contributed by atoms with Gasteiger partial charge >= 0.3 is 5.97 Å². The summed E-state index contributed by atoms with van der Waals surface area (Å²) < 4.78 is 4.82. The van der Waals surface area contributed by atoms with Crippen molar-refractivity contribution in [3.63, 3.8) is 0 Å². The van der Waals surface area contributed by atoms with Gasteiger partial charge in [-0.25, -0.2) is 4.98 Å². The van der Waals surface area contributed by atoms with Crippen molar-refractivity contribution in [2.45, 2.75) is 32.7 Å². The summed E-state index contributed by atoms with van der Waals surface area (Å²) in [5, 5.41) is 6.60. The van der Waals surface area contributed by atoms with Crippen molar-refractivity contribution in [2.24, 2.45) is 10.9 Å². The lowest BCUT2D eigenvalue weighted by Gasteiger charge is -2.33. The Labute approximate surface area is 135 Å². The van der Waals surface area contributed by atoms with Crippen LogP contribution in [0.5, 0.6) is 0 Å². The molecule has 0 atom stereocenters. The van der Waals surface area contributed by atoms with Gasteiger partial charge < -0.3 is 15.0 Å². The monoisotopic (exact) mass is 324 g/mol. The zero-order valence-corrected chi connectivity index (χ0v) is 14.3. The number of guanidine groups is 1. The molecule has 1 aliphatic rings. The molecule has 1 saturated heterocycles. The van der Waals surface area contributed by atoms with Crippen LogP contribution in [0.25, 0.3) is 0 Å². The van der Waals surface area contributed by atoms with Crippen molar-refractivity contribution in [3.05, 3.63) is 16.1 Å². The van der Waals surface area contributed by atoms with Gasteiger partial charge in [-0.2, -0.15) is 0 Å². The topological polar surface area (TPSA) is 66.8 Å².